The molecular formula is C33H28N2O6S2. The van der Waals surface area contributed by atoms with E-state index < -0.39 is 21.5 Å². The molecule has 2 unspecified atom stereocenters. The van der Waals surface area contributed by atoms with E-state index in [2.05, 4.69) is 28.4 Å². The van der Waals surface area contributed by atoms with Crippen molar-refractivity contribution in [3.05, 3.63) is 138 Å². The maximum absolute atomic E-state index is 11.6. The van der Waals surface area contributed by atoms with Gasteiger partial charge in [-0.25, -0.2) is 0 Å². The summed E-state index contributed by atoms with van der Waals surface area (Å²) in [6, 6.07) is 19.4. The summed E-state index contributed by atoms with van der Waals surface area (Å²) in [4.78, 5) is 2.05. The minimum atomic E-state index is -4.30. The summed E-state index contributed by atoms with van der Waals surface area (Å²) in [5, 5.41) is 0. The zero-order valence-corrected chi connectivity index (χ0v) is 24.9. The Hall–Kier alpha value is -4.48. The highest BCUT2D eigenvalue weighted by atomic mass is 32.2. The van der Waals surface area contributed by atoms with E-state index in [-0.39, 0.29) is 10.9 Å². The van der Waals surface area contributed by atoms with Crippen molar-refractivity contribution < 1.29 is 25.9 Å². The van der Waals surface area contributed by atoms with Gasteiger partial charge in [0.15, 0.2) is 0 Å². The molecule has 8 nitrogen and oxygen atoms in total. The zero-order valence-electron chi connectivity index (χ0n) is 23.3. The lowest BCUT2D eigenvalue weighted by Crippen LogP contribution is -2.24. The van der Waals surface area contributed by atoms with Crippen LogP contribution in [0.25, 0.3) is 28.3 Å². The molecule has 218 valence electrons. The van der Waals surface area contributed by atoms with Crippen molar-refractivity contribution in [2.75, 3.05) is 0 Å². The van der Waals surface area contributed by atoms with Crippen LogP contribution in [0.3, 0.4) is 0 Å². The van der Waals surface area contributed by atoms with Crippen LogP contribution in [-0.2, 0) is 21.5 Å². The second kappa shape index (κ2) is 11.3. The molecule has 0 spiro atoms. The van der Waals surface area contributed by atoms with Crippen molar-refractivity contribution in [1.82, 2.24) is 9.30 Å². The Labute approximate surface area is 252 Å². The van der Waals surface area contributed by atoms with Crippen LogP contribution >= 0.6 is 0 Å². The van der Waals surface area contributed by atoms with Crippen LogP contribution in [-0.4, -0.2) is 37.1 Å². The Morgan fingerprint density at radius 1 is 0.953 bits per heavy atom. The van der Waals surface area contributed by atoms with Gasteiger partial charge >= 0.3 is 11.4 Å². The van der Waals surface area contributed by atoms with Crippen LogP contribution in [0.4, 0.5) is 0 Å². The van der Waals surface area contributed by atoms with Crippen LogP contribution < -0.4 is 4.18 Å². The molecule has 0 fully saturated rings. The van der Waals surface area contributed by atoms with E-state index in [0.717, 1.165) is 44.7 Å². The van der Waals surface area contributed by atoms with Crippen LogP contribution in [0, 0.1) is 6.92 Å². The molecule has 2 aliphatic rings. The number of aromatic nitrogens is 1. The fourth-order valence-corrected chi connectivity index (χ4v) is 6.57. The Morgan fingerprint density at radius 2 is 1.67 bits per heavy atom. The topological polar surface area (TPSA) is 109 Å². The van der Waals surface area contributed by atoms with Gasteiger partial charge in [-0.1, -0.05) is 48.6 Å². The van der Waals surface area contributed by atoms with Gasteiger partial charge in [-0.2, -0.15) is 12.6 Å². The smallest absolute Gasteiger partial charge is 0.357 e. The number of fused-ring (bicyclic) bond motifs is 2. The van der Waals surface area contributed by atoms with Gasteiger partial charge in [0.05, 0.1) is 16.6 Å². The van der Waals surface area contributed by atoms with Gasteiger partial charge < -0.3 is 13.5 Å². The Kier molecular flexibility index (Phi) is 7.53. The van der Waals surface area contributed by atoms with Gasteiger partial charge in [-0.05, 0) is 90.7 Å². The molecule has 4 aromatic rings. The van der Waals surface area contributed by atoms with E-state index in [1.807, 2.05) is 74.0 Å². The highest BCUT2D eigenvalue weighted by molar-refractivity contribution is 7.85. The summed E-state index contributed by atoms with van der Waals surface area (Å²) in [6.07, 6.45) is 16.3. The Morgan fingerprint density at radius 3 is 2.37 bits per heavy atom. The third-order valence-corrected chi connectivity index (χ3v) is 8.92. The lowest BCUT2D eigenvalue weighted by molar-refractivity contribution is 0.458. The number of benzene rings is 2. The summed E-state index contributed by atoms with van der Waals surface area (Å²) in [5.74, 6) is 0.302. The molecule has 2 N–H and O–H groups in total. The molecule has 0 radical (unpaired) electrons. The minimum absolute atomic E-state index is 0.0637. The normalized spacial score (nSPS) is 18.3. The minimum Gasteiger partial charge on any atom is -0.380 e. The molecular weight excluding hydrogens is 585 g/mol. The lowest BCUT2D eigenvalue weighted by Gasteiger charge is -2.25. The molecule has 0 amide bonds. The summed E-state index contributed by atoms with van der Waals surface area (Å²) >= 11 is -2.40. The van der Waals surface area contributed by atoms with E-state index >= 15 is 0 Å². The number of aryl methyl sites for hydroxylation is 1. The average molecular weight is 613 g/mol. The van der Waals surface area contributed by atoms with Crippen molar-refractivity contribution in [1.29, 1.82) is 0 Å². The summed E-state index contributed by atoms with van der Waals surface area (Å²) in [6.45, 7) is 4.14. The molecule has 43 heavy (non-hydrogen) atoms. The Balaban J connectivity index is 1.44. The first-order chi connectivity index (χ1) is 20.6. The van der Waals surface area contributed by atoms with Crippen molar-refractivity contribution in [2.45, 2.75) is 24.8 Å². The molecule has 2 aromatic carbocycles. The number of hydrogen-bond acceptors (Lipinski definition) is 5. The summed E-state index contributed by atoms with van der Waals surface area (Å²) in [7, 11) is -4.30. The van der Waals surface area contributed by atoms with Crippen LogP contribution in [0.15, 0.2) is 126 Å². The molecule has 10 heteroatoms. The van der Waals surface area contributed by atoms with E-state index in [4.69, 9.17) is 8.74 Å². The SMILES string of the molecule is CC1=C(c2ccc(OS(=O)O)cc2)C(=CC=Cc2c(-c3ccc(S(=O)(=O)O)cc3)c(C)c3ccccn23)N2C=CC=CC12. The molecule has 2 aliphatic heterocycles. The van der Waals surface area contributed by atoms with Gasteiger partial charge in [0.25, 0.3) is 10.1 Å². The van der Waals surface area contributed by atoms with Crippen LogP contribution in [0.1, 0.15) is 23.7 Å². The number of nitrogens with zero attached hydrogens (tertiary/aromatic N) is 2. The first kappa shape index (κ1) is 28.6. The van der Waals surface area contributed by atoms with Gasteiger partial charge in [-0.3, -0.25) is 9.11 Å². The first-order valence-electron chi connectivity index (χ1n) is 13.4. The molecule has 0 saturated heterocycles. The maximum atomic E-state index is 11.6. The summed E-state index contributed by atoms with van der Waals surface area (Å²) in [5.41, 5.74) is 8.95. The van der Waals surface area contributed by atoms with Crippen LogP contribution in [0.2, 0.25) is 0 Å². The van der Waals surface area contributed by atoms with E-state index in [1.54, 1.807) is 24.3 Å². The number of allylic oxidation sites excluding steroid dienone is 5. The van der Waals surface area contributed by atoms with E-state index in [0.29, 0.717) is 5.75 Å². The molecule has 0 saturated carbocycles. The third kappa shape index (κ3) is 5.41. The standard InChI is InChI=1S/C33H28N2O6S2/c1-22-28-8-3-5-20-34(28)30(32(22)24-12-16-26(17-13-24)41-42(36)37)10-7-11-31-33(23(2)29-9-4-6-21-35(29)31)25-14-18-27(19-15-25)43(38,39)40/h3-21,28H,1-2H3,(H,36,37)(H,38,39,40). The number of pyridine rings is 1. The lowest BCUT2D eigenvalue weighted by atomic mass is 9.97. The predicted molar refractivity (Wildman–Crippen MR) is 169 cm³/mol. The molecule has 2 aromatic heterocycles. The van der Waals surface area contributed by atoms with Crippen molar-refractivity contribution in [3.63, 3.8) is 0 Å². The first-order valence-corrected chi connectivity index (χ1v) is 15.9. The Bertz CT molecular complexity index is 2020. The summed E-state index contributed by atoms with van der Waals surface area (Å²) < 4.78 is 59.9. The fourth-order valence-electron chi connectivity index (χ4n) is 5.82. The molecule has 4 heterocycles. The van der Waals surface area contributed by atoms with Gasteiger partial charge in [0, 0.05) is 34.7 Å². The quantitative estimate of drug-likeness (QED) is 0.174. The van der Waals surface area contributed by atoms with Gasteiger partial charge in [0.2, 0.25) is 0 Å². The predicted octanol–water partition coefficient (Wildman–Crippen LogP) is 6.82. The average Bonchev–Trinajstić information content (AvgIpc) is 3.43. The zero-order chi connectivity index (χ0) is 30.3. The van der Waals surface area contributed by atoms with E-state index in [1.165, 1.54) is 17.7 Å². The third-order valence-electron chi connectivity index (χ3n) is 7.72. The van der Waals surface area contributed by atoms with Crippen molar-refractivity contribution in [2.24, 2.45) is 0 Å². The maximum Gasteiger partial charge on any atom is 0.357 e. The largest absolute Gasteiger partial charge is 0.380 e. The second-order valence-electron chi connectivity index (χ2n) is 10.2. The molecule has 2 atom stereocenters. The van der Waals surface area contributed by atoms with Crippen molar-refractivity contribution in [3.8, 4) is 16.9 Å². The van der Waals surface area contributed by atoms with Crippen molar-refractivity contribution >= 4 is 38.6 Å². The molecule has 0 aliphatic carbocycles. The van der Waals surface area contributed by atoms with Crippen LogP contribution in [0.5, 0.6) is 5.75 Å². The highest BCUT2D eigenvalue weighted by Crippen LogP contribution is 2.42. The fraction of sp³-hybridized carbons (Fsp3) is 0.0909. The van der Waals surface area contributed by atoms with E-state index in [9.17, 15) is 17.2 Å². The molecule has 0 bridgehead atoms. The second-order valence-corrected chi connectivity index (χ2v) is 12.2. The number of hydrogen-bond donors (Lipinski definition) is 2. The van der Waals surface area contributed by atoms with Gasteiger partial charge in [-0.15, -0.1) is 0 Å². The van der Waals surface area contributed by atoms with Gasteiger partial charge in [0.1, 0.15) is 5.75 Å². The molecule has 6 rings (SSSR count). The monoisotopic (exact) mass is 612 g/mol. The number of rotatable bonds is 7. The highest BCUT2D eigenvalue weighted by Gasteiger charge is 2.32.